The second kappa shape index (κ2) is 7.17. The average Bonchev–Trinajstić information content (AvgIpc) is 3.02. The number of hydrogen-bond acceptors (Lipinski definition) is 5. The van der Waals surface area contributed by atoms with Gasteiger partial charge in [-0.1, -0.05) is 25.5 Å². The Morgan fingerprint density at radius 1 is 1.41 bits per heavy atom. The van der Waals surface area contributed by atoms with Gasteiger partial charge in [0.25, 0.3) is 0 Å². The van der Waals surface area contributed by atoms with E-state index in [2.05, 4.69) is 10.3 Å². The van der Waals surface area contributed by atoms with Crippen molar-refractivity contribution < 1.29 is 9.66 Å². The molecule has 22 heavy (non-hydrogen) atoms. The first-order valence-electron chi connectivity index (χ1n) is 7.53. The van der Waals surface area contributed by atoms with Gasteiger partial charge in [0.1, 0.15) is 11.9 Å². The molecule has 118 valence electrons. The zero-order valence-electron chi connectivity index (χ0n) is 13.1. The van der Waals surface area contributed by atoms with Crippen LogP contribution in [0.5, 0.6) is 0 Å². The first-order chi connectivity index (χ1) is 10.6. The molecule has 0 spiro atoms. The van der Waals surface area contributed by atoms with Crippen molar-refractivity contribution in [3.63, 3.8) is 0 Å². The normalized spacial score (nSPS) is 17.0. The van der Waals surface area contributed by atoms with Crippen LogP contribution in [-0.4, -0.2) is 29.2 Å². The molecule has 1 aliphatic heterocycles. The highest BCUT2D eigenvalue weighted by Crippen LogP contribution is 2.33. The number of rotatable bonds is 3. The van der Waals surface area contributed by atoms with E-state index in [4.69, 9.17) is 4.74 Å². The summed E-state index contributed by atoms with van der Waals surface area (Å²) in [4.78, 5) is 15.0. The van der Waals surface area contributed by atoms with Crippen LogP contribution < -0.4 is 5.32 Å². The number of aromatic nitrogens is 1. The van der Waals surface area contributed by atoms with Crippen LogP contribution >= 0.6 is 0 Å². The van der Waals surface area contributed by atoms with Crippen LogP contribution in [0.15, 0.2) is 24.4 Å². The number of pyridine rings is 1. The monoisotopic (exact) mass is 303 g/mol. The second-order valence-corrected chi connectivity index (χ2v) is 5.00. The number of benzene rings is 1. The molecule has 2 heterocycles. The Hall–Kier alpha value is -2.21. The van der Waals surface area contributed by atoms with Crippen molar-refractivity contribution in [2.75, 3.05) is 18.5 Å². The third-order valence-corrected chi connectivity index (χ3v) is 3.48. The van der Waals surface area contributed by atoms with Crippen molar-refractivity contribution in [3.8, 4) is 0 Å². The van der Waals surface area contributed by atoms with Crippen molar-refractivity contribution >= 4 is 22.3 Å². The predicted molar refractivity (Wildman–Crippen MR) is 87.3 cm³/mol. The van der Waals surface area contributed by atoms with Crippen molar-refractivity contribution in [1.82, 2.24) is 4.98 Å². The fraction of sp³-hybridized carbons (Fsp3) is 0.438. The maximum Gasteiger partial charge on any atom is 0.311 e. The van der Waals surface area contributed by atoms with E-state index in [-0.39, 0.29) is 11.7 Å². The molecule has 1 aromatic heterocycles. The maximum atomic E-state index is 11.2. The van der Waals surface area contributed by atoms with E-state index < -0.39 is 4.92 Å². The molecule has 0 bridgehead atoms. The quantitative estimate of drug-likeness (QED) is 0.691. The van der Waals surface area contributed by atoms with E-state index in [9.17, 15) is 10.1 Å². The predicted octanol–water partition coefficient (Wildman–Crippen LogP) is 3.68. The molecule has 6 heteroatoms. The van der Waals surface area contributed by atoms with Gasteiger partial charge in [0.05, 0.1) is 23.1 Å². The Bertz CT molecular complexity index is 667. The Balaban J connectivity index is 0.000000847. The lowest BCUT2D eigenvalue weighted by molar-refractivity contribution is -0.384. The van der Waals surface area contributed by atoms with Gasteiger partial charge in [-0.25, -0.2) is 4.98 Å². The molecule has 1 saturated heterocycles. The molecule has 1 unspecified atom stereocenters. The molecule has 1 N–H and O–H groups in total. The third-order valence-electron chi connectivity index (χ3n) is 3.48. The van der Waals surface area contributed by atoms with Gasteiger partial charge < -0.3 is 10.1 Å². The lowest BCUT2D eigenvalue weighted by Crippen LogP contribution is -2.20. The van der Waals surface area contributed by atoms with Crippen LogP contribution in [0.3, 0.4) is 0 Å². The smallest absolute Gasteiger partial charge is 0.311 e. The summed E-state index contributed by atoms with van der Waals surface area (Å²) in [6.07, 6.45) is 2.17. The van der Waals surface area contributed by atoms with Crippen molar-refractivity contribution in [3.05, 3.63) is 40.1 Å². The lowest BCUT2D eigenvalue weighted by atomic mass is 10.1. The third kappa shape index (κ3) is 3.33. The molecule has 1 aliphatic rings. The maximum absolute atomic E-state index is 11.2. The Kier molecular flexibility index (Phi) is 5.27. The fourth-order valence-corrected chi connectivity index (χ4v) is 2.44. The van der Waals surface area contributed by atoms with Crippen LogP contribution in [0.2, 0.25) is 0 Å². The Morgan fingerprint density at radius 3 is 2.82 bits per heavy atom. The van der Waals surface area contributed by atoms with Crippen LogP contribution in [0.25, 0.3) is 10.9 Å². The molecule has 6 nitrogen and oxygen atoms in total. The summed E-state index contributed by atoms with van der Waals surface area (Å²) >= 11 is 0. The topological polar surface area (TPSA) is 77.3 Å². The summed E-state index contributed by atoms with van der Waals surface area (Å²) in [6, 6.07) is 5.86. The summed E-state index contributed by atoms with van der Waals surface area (Å²) in [5.41, 5.74) is 2.35. The molecule has 1 atom stereocenters. The van der Waals surface area contributed by atoms with Gasteiger partial charge >= 0.3 is 5.69 Å². The standard InChI is InChI=1S/C14H15N3O3.C2H6/c1-9-2-3-12-11(6-9)14(13(7-15-12)17(18)19)16-10-4-5-20-8-10;1-2/h2-3,6-7,10H,4-5,8H2,1H3,(H,15,16);1-2H3. The molecule has 2 aromatic rings. The molecule has 0 radical (unpaired) electrons. The number of nitro groups is 1. The second-order valence-electron chi connectivity index (χ2n) is 5.00. The first kappa shape index (κ1) is 16.2. The minimum absolute atomic E-state index is 0.00926. The molecule has 3 rings (SSSR count). The molecule has 0 saturated carbocycles. The number of ether oxygens (including phenoxy) is 1. The van der Waals surface area contributed by atoms with Crippen molar-refractivity contribution in [2.24, 2.45) is 0 Å². The highest BCUT2D eigenvalue weighted by Gasteiger charge is 2.23. The number of nitrogens with zero attached hydrogens (tertiary/aromatic N) is 2. The number of fused-ring (bicyclic) bond motifs is 1. The van der Waals surface area contributed by atoms with E-state index in [0.29, 0.717) is 18.9 Å². The number of aryl methyl sites for hydroxylation is 1. The molecule has 1 aromatic carbocycles. The van der Waals surface area contributed by atoms with E-state index in [1.54, 1.807) is 0 Å². The van der Waals surface area contributed by atoms with Gasteiger partial charge in [0.2, 0.25) is 0 Å². The molecular weight excluding hydrogens is 282 g/mol. The SMILES string of the molecule is CC.Cc1ccc2ncc([N+](=O)[O-])c(NC3CCOC3)c2c1. The highest BCUT2D eigenvalue weighted by atomic mass is 16.6. The number of nitrogens with one attached hydrogen (secondary N) is 1. The summed E-state index contributed by atoms with van der Waals surface area (Å²) in [7, 11) is 0. The van der Waals surface area contributed by atoms with E-state index in [1.165, 1.54) is 6.20 Å². The van der Waals surface area contributed by atoms with Gasteiger partial charge in [0, 0.05) is 12.0 Å². The minimum Gasteiger partial charge on any atom is -0.379 e. The molecule has 1 fully saturated rings. The Morgan fingerprint density at radius 2 is 2.18 bits per heavy atom. The van der Waals surface area contributed by atoms with Crippen molar-refractivity contribution in [2.45, 2.75) is 33.2 Å². The number of hydrogen-bond donors (Lipinski definition) is 1. The Labute approximate surface area is 129 Å². The van der Waals surface area contributed by atoms with Gasteiger partial charge in [0.15, 0.2) is 0 Å². The van der Waals surface area contributed by atoms with Crippen LogP contribution in [0.4, 0.5) is 11.4 Å². The van der Waals surface area contributed by atoms with E-state index in [0.717, 1.165) is 22.9 Å². The summed E-state index contributed by atoms with van der Waals surface area (Å²) in [5.74, 6) is 0. The zero-order chi connectivity index (χ0) is 16.1. The van der Waals surface area contributed by atoms with Gasteiger partial charge in [-0.2, -0.15) is 0 Å². The summed E-state index contributed by atoms with van der Waals surface area (Å²) in [5, 5.41) is 15.3. The van der Waals surface area contributed by atoms with E-state index in [1.807, 2.05) is 39.0 Å². The van der Waals surface area contributed by atoms with Gasteiger partial charge in [-0.05, 0) is 25.5 Å². The van der Waals surface area contributed by atoms with Gasteiger partial charge in [-0.15, -0.1) is 0 Å². The largest absolute Gasteiger partial charge is 0.379 e. The summed E-state index contributed by atoms with van der Waals surface area (Å²) in [6.45, 7) is 7.22. The van der Waals surface area contributed by atoms with Gasteiger partial charge in [-0.3, -0.25) is 10.1 Å². The van der Waals surface area contributed by atoms with E-state index >= 15 is 0 Å². The average molecular weight is 303 g/mol. The minimum atomic E-state index is -0.396. The van der Waals surface area contributed by atoms with Crippen molar-refractivity contribution in [1.29, 1.82) is 0 Å². The zero-order valence-corrected chi connectivity index (χ0v) is 13.1. The first-order valence-corrected chi connectivity index (χ1v) is 7.53. The molecule has 0 amide bonds. The fourth-order valence-electron chi connectivity index (χ4n) is 2.44. The lowest BCUT2D eigenvalue weighted by Gasteiger charge is -2.14. The summed E-state index contributed by atoms with van der Waals surface area (Å²) < 4.78 is 5.32. The van der Waals surface area contributed by atoms with Crippen LogP contribution in [-0.2, 0) is 4.74 Å². The molecule has 0 aliphatic carbocycles. The molecular formula is C16H21N3O3. The van der Waals surface area contributed by atoms with Crippen LogP contribution in [0.1, 0.15) is 25.8 Å². The highest BCUT2D eigenvalue weighted by molar-refractivity contribution is 5.96. The van der Waals surface area contributed by atoms with Crippen LogP contribution in [0, 0.1) is 17.0 Å². The number of anilines is 1.